The molecule has 1 aromatic rings. The molecule has 5 heteroatoms. The molecule has 0 bridgehead atoms. The van der Waals surface area contributed by atoms with Crippen molar-refractivity contribution in [2.24, 2.45) is 5.92 Å². The Hall–Kier alpha value is -1.39. The molecule has 0 aromatic heterocycles. The smallest absolute Gasteiger partial charge is 0.337 e. The average molecular weight is 284 g/mol. The molecule has 0 saturated carbocycles. The highest BCUT2D eigenvalue weighted by atomic mass is 35.5. The van der Waals surface area contributed by atoms with Gasteiger partial charge in [-0.2, -0.15) is 0 Å². The van der Waals surface area contributed by atoms with Gasteiger partial charge >= 0.3 is 5.97 Å². The van der Waals surface area contributed by atoms with Crippen LogP contribution in [0.25, 0.3) is 0 Å². The van der Waals surface area contributed by atoms with E-state index in [2.05, 4.69) is 10.1 Å². The number of esters is 1. The van der Waals surface area contributed by atoms with Crippen LogP contribution in [0.15, 0.2) is 24.3 Å². The normalized spacial score (nSPS) is 15.4. The lowest BCUT2D eigenvalue weighted by Gasteiger charge is -2.21. The monoisotopic (exact) mass is 283 g/mol. The van der Waals surface area contributed by atoms with Gasteiger partial charge in [0.25, 0.3) is 0 Å². The fourth-order valence-corrected chi connectivity index (χ4v) is 2.21. The van der Waals surface area contributed by atoms with Gasteiger partial charge in [0.05, 0.1) is 12.7 Å². The number of benzene rings is 1. The summed E-state index contributed by atoms with van der Waals surface area (Å²) >= 11 is 0. The van der Waals surface area contributed by atoms with Crippen molar-refractivity contribution in [3.8, 4) is 0 Å². The van der Waals surface area contributed by atoms with E-state index < -0.39 is 0 Å². The van der Waals surface area contributed by atoms with Crippen LogP contribution in [0.3, 0.4) is 0 Å². The fourth-order valence-electron chi connectivity index (χ4n) is 2.21. The third kappa shape index (κ3) is 3.78. The van der Waals surface area contributed by atoms with Gasteiger partial charge in [0.1, 0.15) is 0 Å². The van der Waals surface area contributed by atoms with Crippen LogP contribution in [0.4, 0.5) is 0 Å². The van der Waals surface area contributed by atoms with Gasteiger partial charge < -0.3 is 10.1 Å². The predicted octanol–water partition coefficient (Wildman–Crippen LogP) is 2.08. The van der Waals surface area contributed by atoms with E-state index in [1.165, 1.54) is 7.11 Å². The van der Waals surface area contributed by atoms with Crippen molar-refractivity contribution in [3.63, 3.8) is 0 Å². The number of Topliss-reactive ketones (excluding diaryl/α,β-unsaturated/α-hetero) is 1. The highest BCUT2D eigenvalue weighted by Crippen LogP contribution is 2.18. The van der Waals surface area contributed by atoms with Crippen molar-refractivity contribution < 1.29 is 14.3 Å². The number of nitrogens with one attached hydrogen (secondary N) is 1. The summed E-state index contributed by atoms with van der Waals surface area (Å²) in [5.74, 6) is -0.0981. The average Bonchev–Trinajstić information content (AvgIpc) is 2.47. The van der Waals surface area contributed by atoms with E-state index in [0.717, 1.165) is 25.9 Å². The van der Waals surface area contributed by atoms with Gasteiger partial charge in [-0.3, -0.25) is 4.79 Å². The summed E-state index contributed by atoms with van der Waals surface area (Å²) in [6, 6.07) is 6.69. The molecule has 2 rings (SSSR count). The predicted molar refractivity (Wildman–Crippen MR) is 75.0 cm³/mol. The molecular weight excluding hydrogens is 266 g/mol. The standard InChI is InChI=1S/C14H17NO3.ClH/c1-18-14(17)12-4-2-10(3-5-12)13(16)11-6-8-15-9-7-11;/h2-5,11,15H,6-9H2,1H3;1H. The summed E-state index contributed by atoms with van der Waals surface area (Å²) in [6.07, 6.45) is 1.77. The second-order valence-electron chi connectivity index (χ2n) is 4.46. The largest absolute Gasteiger partial charge is 0.465 e. The molecule has 1 heterocycles. The molecule has 19 heavy (non-hydrogen) atoms. The molecule has 0 spiro atoms. The zero-order chi connectivity index (χ0) is 13.0. The zero-order valence-electron chi connectivity index (χ0n) is 10.8. The molecule has 4 nitrogen and oxygen atoms in total. The van der Waals surface area contributed by atoms with E-state index >= 15 is 0 Å². The minimum atomic E-state index is -0.379. The Balaban J connectivity index is 0.00000180. The Labute approximate surface area is 118 Å². The van der Waals surface area contributed by atoms with Crippen LogP contribution in [0.5, 0.6) is 0 Å². The van der Waals surface area contributed by atoms with Crippen molar-refractivity contribution in [2.75, 3.05) is 20.2 Å². The second kappa shape index (κ2) is 7.26. The van der Waals surface area contributed by atoms with Crippen LogP contribution in [0, 0.1) is 5.92 Å². The molecule has 1 saturated heterocycles. The summed E-state index contributed by atoms with van der Waals surface area (Å²) in [4.78, 5) is 23.5. The number of carbonyl (C=O) groups excluding carboxylic acids is 2. The lowest BCUT2D eigenvalue weighted by Crippen LogP contribution is -2.31. The quantitative estimate of drug-likeness (QED) is 0.682. The summed E-state index contributed by atoms with van der Waals surface area (Å²) in [5.41, 5.74) is 1.15. The number of hydrogen-bond donors (Lipinski definition) is 1. The van der Waals surface area contributed by atoms with Gasteiger partial charge in [-0.05, 0) is 38.1 Å². The number of rotatable bonds is 3. The van der Waals surface area contributed by atoms with Crippen molar-refractivity contribution in [3.05, 3.63) is 35.4 Å². The van der Waals surface area contributed by atoms with E-state index in [4.69, 9.17) is 0 Å². The Morgan fingerprint density at radius 1 is 1.11 bits per heavy atom. The lowest BCUT2D eigenvalue weighted by atomic mass is 9.89. The van der Waals surface area contributed by atoms with Crippen LogP contribution in [0.1, 0.15) is 33.6 Å². The van der Waals surface area contributed by atoms with Gasteiger partial charge in [0.2, 0.25) is 0 Å². The first-order valence-electron chi connectivity index (χ1n) is 6.15. The second-order valence-corrected chi connectivity index (χ2v) is 4.46. The lowest BCUT2D eigenvalue weighted by molar-refractivity contribution is 0.0600. The number of carbonyl (C=O) groups is 2. The van der Waals surface area contributed by atoms with E-state index in [1.54, 1.807) is 24.3 Å². The highest BCUT2D eigenvalue weighted by molar-refractivity contribution is 5.99. The number of ether oxygens (including phenoxy) is 1. The molecule has 0 radical (unpaired) electrons. The Morgan fingerprint density at radius 2 is 1.63 bits per heavy atom. The maximum Gasteiger partial charge on any atom is 0.337 e. The van der Waals surface area contributed by atoms with Gasteiger partial charge in [0.15, 0.2) is 5.78 Å². The van der Waals surface area contributed by atoms with Crippen LogP contribution in [-0.4, -0.2) is 32.0 Å². The first-order chi connectivity index (χ1) is 8.72. The molecule has 1 N–H and O–H groups in total. The van der Waals surface area contributed by atoms with Crippen molar-refractivity contribution >= 4 is 24.2 Å². The molecule has 1 aliphatic heterocycles. The van der Waals surface area contributed by atoms with Crippen molar-refractivity contribution in [2.45, 2.75) is 12.8 Å². The van der Waals surface area contributed by atoms with E-state index in [-0.39, 0.29) is 30.1 Å². The summed E-state index contributed by atoms with van der Waals surface area (Å²) in [7, 11) is 1.34. The third-order valence-electron chi connectivity index (χ3n) is 3.30. The van der Waals surface area contributed by atoms with E-state index in [0.29, 0.717) is 11.1 Å². The van der Waals surface area contributed by atoms with Gasteiger partial charge in [-0.25, -0.2) is 4.79 Å². The molecule has 1 aliphatic rings. The SMILES string of the molecule is COC(=O)c1ccc(C(=O)C2CCNCC2)cc1.Cl. The molecule has 1 fully saturated rings. The zero-order valence-corrected chi connectivity index (χ0v) is 11.7. The maximum atomic E-state index is 12.2. The number of piperidine rings is 1. The van der Waals surface area contributed by atoms with Crippen molar-refractivity contribution in [1.82, 2.24) is 5.32 Å². The van der Waals surface area contributed by atoms with Crippen LogP contribution in [-0.2, 0) is 4.74 Å². The maximum absolute atomic E-state index is 12.2. The van der Waals surface area contributed by atoms with E-state index in [1.807, 2.05) is 0 Å². The molecule has 0 amide bonds. The Bertz CT molecular complexity index is 439. The number of ketones is 1. The van der Waals surface area contributed by atoms with Crippen LogP contribution >= 0.6 is 12.4 Å². The molecule has 0 aliphatic carbocycles. The van der Waals surface area contributed by atoms with E-state index in [9.17, 15) is 9.59 Å². The fraction of sp³-hybridized carbons (Fsp3) is 0.429. The van der Waals surface area contributed by atoms with Gasteiger partial charge in [-0.1, -0.05) is 12.1 Å². The topological polar surface area (TPSA) is 55.4 Å². The first kappa shape index (κ1) is 15.7. The number of halogens is 1. The van der Waals surface area contributed by atoms with Gasteiger partial charge in [0, 0.05) is 11.5 Å². The first-order valence-corrected chi connectivity index (χ1v) is 6.15. The summed E-state index contributed by atoms with van der Waals surface area (Å²) < 4.78 is 4.62. The summed E-state index contributed by atoms with van der Waals surface area (Å²) in [6.45, 7) is 1.80. The highest BCUT2D eigenvalue weighted by Gasteiger charge is 2.22. The Kier molecular flexibility index (Phi) is 5.99. The summed E-state index contributed by atoms with van der Waals surface area (Å²) in [5, 5.41) is 3.24. The molecule has 1 aromatic carbocycles. The third-order valence-corrected chi connectivity index (χ3v) is 3.30. The minimum absolute atomic E-state index is 0. The molecule has 0 atom stereocenters. The number of hydrogen-bond acceptors (Lipinski definition) is 4. The Morgan fingerprint density at radius 3 is 2.16 bits per heavy atom. The molecule has 104 valence electrons. The number of methoxy groups -OCH3 is 1. The van der Waals surface area contributed by atoms with Gasteiger partial charge in [-0.15, -0.1) is 12.4 Å². The van der Waals surface area contributed by atoms with Crippen molar-refractivity contribution in [1.29, 1.82) is 0 Å². The minimum Gasteiger partial charge on any atom is -0.465 e. The van der Waals surface area contributed by atoms with Crippen LogP contribution < -0.4 is 5.32 Å². The molecular formula is C14H18ClNO3. The molecule has 0 unspecified atom stereocenters. The van der Waals surface area contributed by atoms with Crippen LogP contribution in [0.2, 0.25) is 0 Å².